The monoisotopic (exact) mass is 195 g/mol. The highest BCUT2D eigenvalue weighted by molar-refractivity contribution is 5.04. The van der Waals surface area contributed by atoms with Crippen molar-refractivity contribution < 1.29 is 0 Å². The van der Waals surface area contributed by atoms with E-state index in [0.29, 0.717) is 6.04 Å². The molecule has 80 valence electrons. The number of aromatic nitrogens is 2. The van der Waals surface area contributed by atoms with Gasteiger partial charge < -0.3 is 5.32 Å². The number of aryl methyl sites for hydroxylation is 1. The maximum atomic E-state index is 4.36. The molecule has 0 aliphatic carbocycles. The third-order valence-electron chi connectivity index (χ3n) is 2.59. The third kappa shape index (κ3) is 3.14. The summed E-state index contributed by atoms with van der Waals surface area (Å²) in [7, 11) is 1.99. The highest BCUT2D eigenvalue weighted by Gasteiger charge is 2.03. The fourth-order valence-corrected chi connectivity index (χ4v) is 1.40. The molecule has 1 heterocycles. The van der Waals surface area contributed by atoms with Crippen LogP contribution in [0.3, 0.4) is 0 Å². The summed E-state index contributed by atoms with van der Waals surface area (Å²) in [4.78, 5) is 0. The van der Waals surface area contributed by atoms with Gasteiger partial charge in [-0.1, -0.05) is 6.92 Å². The van der Waals surface area contributed by atoms with Crippen LogP contribution >= 0.6 is 0 Å². The minimum absolute atomic E-state index is 0.521. The molecule has 0 unspecified atom stereocenters. The molecular formula is C11H21N3. The van der Waals surface area contributed by atoms with Crippen LogP contribution < -0.4 is 5.32 Å². The van der Waals surface area contributed by atoms with Gasteiger partial charge in [0.25, 0.3) is 0 Å². The maximum Gasteiger partial charge on any atom is 0.0521 e. The van der Waals surface area contributed by atoms with E-state index in [4.69, 9.17) is 0 Å². The van der Waals surface area contributed by atoms with Crippen molar-refractivity contribution in [1.82, 2.24) is 15.1 Å². The van der Waals surface area contributed by atoms with Crippen LogP contribution in [0, 0.1) is 0 Å². The van der Waals surface area contributed by atoms with Gasteiger partial charge in [0, 0.05) is 12.2 Å². The van der Waals surface area contributed by atoms with Crippen molar-refractivity contribution in [3.05, 3.63) is 18.0 Å². The zero-order valence-electron chi connectivity index (χ0n) is 9.45. The first kappa shape index (κ1) is 11.2. The zero-order valence-corrected chi connectivity index (χ0v) is 9.45. The van der Waals surface area contributed by atoms with Crippen LogP contribution in [0.2, 0.25) is 0 Å². The number of hydrogen-bond donors (Lipinski definition) is 1. The molecule has 14 heavy (non-hydrogen) atoms. The molecule has 1 aromatic heterocycles. The highest BCUT2D eigenvalue weighted by atomic mass is 15.3. The van der Waals surface area contributed by atoms with Gasteiger partial charge in [-0.3, -0.25) is 4.68 Å². The topological polar surface area (TPSA) is 29.9 Å². The molecule has 0 spiro atoms. The lowest BCUT2D eigenvalue weighted by Crippen LogP contribution is -2.08. The summed E-state index contributed by atoms with van der Waals surface area (Å²) in [5.74, 6) is 0. The van der Waals surface area contributed by atoms with Crippen LogP contribution in [0.1, 0.15) is 38.3 Å². The first-order valence-corrected chi connectivity index (χ1v) is 5.45. The van der Waals surface area contributed by atoms with Crippen LogP contribution in [0.25, 0.3) is 0 Å². The smallest absolute Gasteiger partial charge is 0.0521 e. The van der Waals surface area contributed by atoms with E-state index in [1.807, 2.05) is 13.2 Å². The van der Waals surface area contributed by atoms with Gasteiger partial charge in [-0.25, -0.2) is 0 Å². The first-order chi connectivity index (χ1) is 6.77. The lowest BCUT2D eigenvalue weighted by Gasteiger charge is -2.07. The molecule has 1 N–H and O–H groups in total. The van der Waals surface area contributed by atoms with E-state index >= 15 is 0 Å². The summed E-state index contributed by atoms with van der Waals surface area (Å²) in [5, 5.41) is 7.51. The van der Waals surface area contributed by atoms with Crippen LogP contribution in [-0.4, -0.2) is 23.4 Å². The first-order valence-electron chi connectivity index (χ1n) is 5.45. The Morgan fingerprint density at radius 3 is 3.00 bits per heavy atom. The Balaban J connectivity index is 2.42. The lowest BCUT2D eigenvalue weighted by molar-refractivity contribution is 0.477. The molecule has 0 aliphatic heterocycles. The van der Waals surface area contributed by atoms with Gasteiger partial charge in [-0.05, 0) is 45.3 Å². The second-order valence-corrected chi connectivity index (χ2v) is 3.79. The second-order valence-electron chi connectivity index (χ2n) is 3.79. The zero-order chi connectivity index (χ0) is 10.4. The molecule has 0 amide bonds. The normalized spacial score (nSPS) is 13.1. The summed E-state index contributed by atoms with van der Waals surface area (Å²) in [6, 6.07) is 0.521. The highest BCUT2D eigenvalue weighted by Crippen LogP contribution is 2.10. The molecule has 3 heteroatoms. The van der Waals surface area contributed by atoms with E-state index in [-0.39, 0.29) is 0 Å². The summed E-state index contributed by atoms with van der Waals surface area (Å²) in [6.45, 7) is 5.46. The minimum Gasteiger partial charge on any atom is -0.320 e. The fourth-order valence-electron chi connectivity index (χ4n) is 1.40. The Hall–Kier alpha value is -0.830. The molecule has 0 bridgehead atoms. The third-order valence-corrected chi connectivity index (χ3v) is 2.59. The molecule has 0 saturated carbocycles. The van der Waals surface area contributed by atoms with Crippen molar-refractivity contribution >= 4 is 0 Å². The number of hydrogen-bond acceptors (Lipinski definition) is 2. The SMILES string of the molecule is CC[C@@H](C)n1cc(CCCNC)cn1. The van der Waals surface area contributed by atoms with Crippen molar-refractivity contribution in [3.63, 3.8) is 0 Å². The molecule has 1 rings (SSSR count). The molecule has 0 fully saturated rings. The summed E-state index contributed by atoms with van der Waals surface area (Å²) < 4.78 is 2.06. The molecule has 1 aromatic rings. The standard InChI is InChI=1S/C11H21N3/c1-4-10(2)14-9-11(8-13-14)6-5-7-12-3/h8-10,12H,4-7H2,1-3H3/t10-/m1/s1. The number of rotatable bonds is 6. The quantitative estimate of drug-likeness (QED) is 0.704. The Morgan fingerprint density at radius 2 is 2.36 bits per heavy atom. The molecule has 0 saturated heterocycles. The summed E-state index contributed by atoms with van der Waals surface area (Å²) >= 11 is 0. The second kappa shape index (κ2) is 5.81. The summed E-state index contributed by atoms with van der Waals surface area (Å²) in [5.41, 5.74) is 1.35. The fraction of sp³-hybridized carbons (Fsp3) is 0.727. The van der Waals surface area contributed by atoms with Crippen molar-refractivity contribution in [1.29, 1.82) is 0 Å². The van der Waals surface area contributed by atoms with E-state index in [1.165, 1.54) is 12.0 Å². The molecule has 0 aliphatic rings. The molecule has 0 aromatic carbocycles. The number of nitrogens with one attached hydrogen (secondary N) is 1. The average molecular weight is 195 g/mol. The molecule has 1 atom stereocenters. The van der Waals surface area contributed by atoms with Crippen molar-refractivity contribution in [3.8, 4) is 0 Å². The largest absolute Gasteiger partial charge is 0.320 e. The minimum atomic E-state index is 0.521. The van der Waals surface area contributed by atoms with Crippen molar-refractivity contribution in [2.45, 2.75) is 39.2 Å². The van der Waals surface area contributed by atoms with Gasteiger partial charge >= 0.3 is 0 Å². The molecule has 0 radical (unpaired) electrons. The number of nitrogens with zero attached hydrogens (tertiary/aromatic N) is 2. The Bertz CT molecular complexity index is 255. The Morgan fingerprint density at radius 1 is 1.57 bits per heavy atom. The Labute approximate surface area is 86.5 Å². The van der Waals surface area contributed by atoms with Crippen molar-refractivity contribution in [2.24, 2.45) is 0 Å². The maximum absolute atomic E-state index is 4.36. The van der Waals surface area contributed by atoms with Gasteiger partial charge in [-0.2, -0.15) is 5.10 Å². The van der Waals surface area contributed by atoms with E-state index < -0.39 is 0 Å². The Kier molecular flexibility index (Phi) is 4.66. The van der Waals surface area contributed by atoms with E-state index in [9.17, 15) is 0 Å². The predicted octanol–water partition coefficient (Wildman–Crippen LogP) is 2.01. The van der Waals surface area contributed by atoms with Gasteiger partial charge in [0.05, 0.1) is 6.20 Å². The molecule has 3 nitrogen and oxygen atoms in total. The van der Waals surface area contributed by atoms with Gasteiger partial charge in [-0.15, -0.1) is 0 Å². The van der Waals surface area contributed by atoms with E-state index in [2.05, 4.69) is 35.1 Å². The van der Waals surface area contributed by atoms with E-state index in [0.717, 1.165) is 19.4 Å². The van der Waals surface area contributed by atoms with Gasteiger partial charge in [0.2, 0.25) is 0 Å². The lowest BCUT2D eigenvalue weighted by atomic mass is 10.2. The van der Waals surface area contributed by atoms with Crippen molar-refractivity contribution in [2.75, 3.05) is 13.6 Å². The predicted molar refractivity (Wildman–Crippen MR) is 59.5 cm³/mol. The van der Waals surface area contributed by atoms with E-state index in [1.54, 1.807) is 0 Å². The van der Waals surface area contributed by atoms with Crippen LogP contribution in [0.4, 0.5) is 0 Å². The average Bonchev–Trinajstić information content (AvgIpc) is 2.66. The van der Waals surface area contributed by atoms with Crippen LogP contribution in [-0.2, 0) is 6.42 Å². The van der Waals surface area contributed by atoms with Crippen LogP contribution in [0.15, 0.2) is 12.4 Å². The molecular weight excluding hydrogens is 174 g/mol. The van der Waals surface area contributed by atoms with Gasteiger partial charge in [0.15, 0.2) is 0 Å². The summed E-state index contributed by atoms with van der Waals surface area (Å²) in [6.07, 6.45) is 7.60. The van der Waals surface area contributed by atoms with Crippen LogP contribution in [0.5, 0.6) is 0 Å². The van der Waals surface area contributed by atoms with Gasteiger partial charge in [0.1, 0.15) is 0 Å².